The molecular formula is C17H24FN3O2. The van der Waals surface area contributed by atoms with E-state index < -0.39 is 5.60 Å². The average molecular weight is 321 g/mol. The van der Waals surface area contributed by atoms with E-state index in [0.717, 1.165) is 26.2 Å². The summed E-state index contributed by atoms with van der Waals surface area (Å²) in [6, 6.07) is 5.57. The Morgan fingerprint density at radius 2 is 1.83 bits per heavy atom. The van der Waals surface area contributed by atoms with Crippen molar-refractivity contribution < 1.29 is 14.3 Å². The quantitative estimate of drug-likeness (QED) is 0.888. The van der Waals surface area contributed by atoms with E-state index in [-0.39, 0.29) is 11.7 Å². The third-order valence-electron chi connectivity index (χ3n) is 4.82. The van der Waals surface area contributed by atoms with Crippen LogP contribution in [0.25, 0.3) is 0 Å². The van der Waals surface area contributed by atoms with Crippen molar-refractivity contribution in [3.05, 3.63) is 35.6 Å². The minimum absolute atomic E-state index is 0.140. The van der Waals surface area contributed by atoms with Gasteiger partial charge in [-0.3, -0.25) is 9.69 Å². The zero-order valence-corrected chi connectivity index (χ0v) is 13.5. The maximum Gasteiger partial charge on any atom is 0.253 e. The van der Waals surface area contributed by atoms with Crippen LogP contribution >= 0.6 is 0 Å². The van der Waals surface area contributed by atoms with Gasteiger partial charge < -0.3 is 14.9 Å². The summed E-state index contributed by atoms with van der Waals surface area (Å²) in [6.45, 7) is 5.40. The number of carbonyl (C=O) groups excluding carboxylic acids is 1. The molecule has 5 nitrogen and oxygen atoms in total. The summed E-state index contributed by atoms with van der Waals surface area (Å²) in [4.78, 5) is 18.7. The molecule has 0 saturated carbocycles. The Kier molecular flexibility index (Phi) is 4.66. The van der Waals surface area contributed by atoms with Crippen LogP contribution in [0.15, 0.2) is 24.3 Å². The Balaban J connectivity index is 1.58. The number of nitrogens with zero attached hydrogens (tertiary/aromatic N) is 3. The highest BCUT2D eigenvalue weighted by molar-refractivity contribution is 5.94. The number of likely N-dealkylation sites (N-methyl/N-ethyl adjacent to an activating group) is 1. The molecule has 2 fully saturated rings. The van der Waals surface area contributed by atoms with Crippen molar-refractivity contribution in [2.24, 2.45) is 0 Å². The van der Waals surface area contributed by atoms with E-state index in [1.165, 1.54) is 24.3 Å². The van der Waals surface area contributed by atoms with E-state index in [9.17, 15) is 14.3 Å². The zero-order chi connectivity index (χ0) is 16.4. The van der Waals surface area contributed by atoms with Gasteiger partial charge in [-0.1, -0.05) is 0 Å². The Morgan fingerprint density at radius 1 is 1.17 bits per heavy atom. The van der Waals surface area contributed by atoms with Crippen molar-refractivity contribution in [3.8, 4) is 0 Å². The zero-order valence-electron chi connectivity index (χ0n) is 13.5. The molecule has 6 heteroatoms. The van der Waals surface area contributed by atoms with Crippen LogP contribution in [-0.2, 0) is 0 Å². The highest BCUT2D eigenvalue weighted by Gasteiger charge is 2.40. The minimum Gasteiger partial charge on any atom is -0.387 e. The number of hydrogen-bond acceptors (Lipinski definition) is 4. The summed E-state index contributed by atoms with van der Waals surface area (Å²) in [5.74, 6) is -0.492. The smallest absolute Gasteiger partial charge is 0.253 e. The molecule has 0 bridgehead atoms. The van der Waals surface area contributed by atoms with Crippen LogP contribution in [0.5, 0.6) is 0 Å². The lowest BCUT2D eigenvalue weighted by atomic mass is 10.0. The number of likely N-dealkylation sites (tertiary alicyclic amines) is 1. The summed E-state index contributed by atoms with van der Waals surface area (Å²) < 4.78 is 13.0. The number of aliphatic hydroxyl groups is 1. The van der Waals surface area contributed by atoms with Crippen molar-refractivity contribution in [2.75, 3.05) is 52.9 Å². The Labute approximate surface area is 136 Å². The van der Waals surface area contributed by atoms with E-state index in [1.807, 2.05) is 0 Å². The fraction of sp³-hybridized carbons (Fsp3) is 0.588. The molecule has 0 aliphatic carbocycles. The molecule has 2 aliphatic rings. The van der Waals surface area contributed by atoms with Gasteiger partial charge in [0.05, 0.1) is 12.1 Å². The fourth-order valence-corrected chi connectivity index (χ4v) is 3.36. The third kappa shape index (κ3) is 3.88. The lowest BCUT2D eigenvalue weighted by Gasteiger charge is -2.36. The molecule has 3 rings (SSSR count). The van der Waals surface area contributed by atoms with Gasteiger partial charge in [-0.15, -0.1) is 0 Å². The fourth-order valence-electron chi connectivity index (χ4n) is 3.36. The predicted octanol–water partition coefficient (Wildman–Crippen LogP) is 0.650. The van der Waals surface area contributed by atoms with Gasteiger partial charge in [0.1, 0.15) is 5.82 Å². The van der Waals surface area contributed by atoms with Crippen LogP contribution in [0.3, 0.4) is 0 Å². The number of rotatable bonds is 3. The first-order valence-corrected chi connectivity index (χ1v) is 8.13. The molecule has 126 valence electrons. The number of carbonyl (C=O) groups is 1. The molecule has 23 heavy (non-hydrogen) atoms. The summed E-state index contributed by atoms with van der Waals surface area (Å²) in [7, 11) is 2.10. The van der Waals surface area contributed by atoms with Gasteiger partial charge >= 0.3 is 0 Å². The first-order valence-electron chi connectivity index (χ1n) is 8.13. The maximum atomic E-state index is 13.0. The molecule has 0 spiro atoms. The summed E-state index contributed by atoms with van der Waals surface area (Å²) in [5.41, 5.74) is -0.374. The summed E-state index contributed by atoms with van der Waals surface area (Å²) >= 11 is 0. The second-order valence-electron chi connectivity index (χ2n) is 6.79. The largest absolute Gasteiger partial charge is 0.387 e. The van der Waals surface area contributed by atoms with Crippen molar-refractivity contribution in [2.45, 2.75) is 12.0 Å². The number of halogens is 1. The molecular weight excluding hydrogens is 297 g/mol. The predicted molar refractivity (Wildman–Crippen MR) is 85.8 cm³/mol. The van der Waals surface area contributed by atoms with Gasteiger partial charge in [0.15, 0.2) is 0 Å². The van der Waals surface area contributed by atoms with Gasteiger partial charge in [-0.05, 0) is 37.7 Å². The molecule has 1 amide bonds. The van der Waals surface area contributed by atoms with Crippen molar-refractivity contribution in [1.82, 2.24) is 14.7 Å². The van der Waals surface area contributed by atoms with Crippen LogP contribution in [0, 0.1) is 5.82 Å². The SMILES string of the molecule is CN1CCN(CC2(O)CCN(C(=O)c3ccc(F)cc3)C2)CC1. The summed E-state index contributed by atoms with van der Waals surface area (Å²) in [6.07, 6.45) is 0.590. The molecule has 2 saturated heterocycles. The van der Waals surface area contributed by atoms with Crippen LogP contribution in [0.1, 0.15) is 16.8 Å². The van der Waals surface area contributed by atoms with Gasteiger partial charge in [-0.2, -0.15) is 0 Å². The molecule has 1 unspecified atom stereocenters. The Bertz CT molecular complexity index is 557. The third-order valence-corrected chi connectivity index (χ3v) is 4.82. The van der Waals surface area contributed by atoms with Gasteiger partial charge in [-0.25, -0.2) is 4.39 Å². The standard InChI is InChI=1S/C17H24FN3O2/c1-19-8-10-20(11-9-19)12-17(23)6-7-21(13-17)16(22)14-2-4-15(18)5-3-14/h2-5,23H,6-13H2,1H3. The van der Waals surface area contributed by atoms with Crippen LogP contribution in [0.2, 0.25) is 0 Å². The van der Waals surface area contributed by atoms with E-state index in [0.29, 0.717) is 31.6 Å². The monoisotopic (exact) mass is 321 g/mol. The maximum absolute atomic E-state index is 13.0. The summed E-state index contributed by atoms with van der Waals surface area (Å²) in [5, 5.41) is 10.8. The van der Waals surface area contributed by atoms with Crippen molar-refractivity contribution >= 4 is 5.91 Å². The van der Waals surface area contributed by atoms with E-state index in [2.05, 4.69) is 16.8 Å². The van der Waals surface area contributed by atoms with Gasteiger partial charge in [0, 0.05) is 44.8 Å². The van der Waals surface area contributed by atoms with Gasteiger partial charge in [0.25, 0.3) is 5.91 Å². The molecule has 1 N–H and O–H groups in total. The van der Waals surface area contributed by atoms with Gasteiger partial charge in [0.2, 0.25) is 0 Å². The van der Waals surface area contributed by atoms with E-state index in [4.69, 9.17) is 0 Å². The average Bonchev–Trinajstić information content (AvgIpc) is 2.92. The number of piperazine rings is 1. The van der Waals surface area contributed by atoms with Crippen LogP contribution in [0.4, 0.5) is 4.39 Å². The molecule has 0 aromatic heterocycles. The molecule has 2 heterocycles. The Morgan fingerprint density at radius 3 is 2.48 bits per heavy atom. The first-order chi connectivity index (χ1) is 11.0. The molecule has 1 aromatic carbocycles. The number of benzene rings is 1. The van der Waals surface area contributed by atoms with Crippen molar-refractivity contribution in [1.29, 1.82) is 0 Å². The molecule has 0 radical (unpaired) electrons. The van der Waals surface area contributed by atoms with E-state index >= 15 is 0 Å². The first kappa shape index (κ1) is 16.4. The molecule has 2 aliphatic heterocycles. The molecule has 1 aromatic rings. The van der Waals surface area contributed by atoms with Crippen LogP contribution in [-0.4, -0.2) is 84.2 Å². The lowest BCUT2D eigenvalue weighted by molar-refractivity contribution is 0.000524. The highest BCUT2D eigenvalue weighted by Crippen LogP contribution is 2.24. The highest BCUT2D eigenvalue weighted by atomic mass is 19.1. The topological polar surface area (TPSA) is 47.0 Å². The van der Waals surface area contributed by atoms with Crippen molar-refractivity contribution in [3.63, 3.8) is 0 Å². The number of β-amino-alcohol motifs (C(OH)–C–C–N with tert-alkyl or cyclic N) is 1. The normalized spacial score (nSPS) is 26.7. The van der Waals surface area contributed by atoms with E-state index in [1.54, 1.807) is 4.90 Å². The molecule has 1 atom stereocenters. The lowest BCUT2D eigenvalue weighted by Crippen LogP contribution is -2.52. The number of amides is 1. The Hall–Kier alpha value is -1.50. The second-order valence-corrected chi connectivity index (χ2v) is 6.79. The minimum atomic E-state index is -0.842. The second kappa shape index (κ2) is 6.55. The van der Waals surface area contributed by atoms with Crippen LogP contribution < -0.4 is 0 Å². The number of hydrogen-bond donors (Lipinski definition) is 1.